The summed E-state index contributed by atoms with van der Waals surface area (Å²) in [6, 6.07) is 8.29. The third kappa shape index (κ3) is 3.89. The second-order valence-electron chi connectivity index (χ2n) is 14.2. The molecule has 4 fully saturated rings. The van der Waals surface area contributed by atoms with Crippen molar-refractivity contribution in [3.8, 4) is 5.75 Å². The van der Waals surface area contributed by atoms with Crippen LogP contribution in [0.4, 0.5) is 0 Å². The normalized spacial score (nSPS) is 37.7. The van der Waals surface area contributed by atoms with Crippen molar-refractivity contribution in [1.82, 2.24) is 30.0 Å². The molecule has 4 saturated heterocycles. The van der Waals surface area contributed by atoms with Gasteiger partial charge in [-0.05, 0) is 101 Å². The van der Waals surface area contributed by atoms with Crippen LogP contribution in [0.1, 0.15) is 63.5 Å². The molecule has 8 heteroatoms. The van der Waals surface area contributed by atoms with Gasteiger partial charge in [0.15, 0.2) is 0 Å². The van der Waals surface area contributed by atoms with Crippen molar-refractivity contribution >= 4 is 27.4 Å². The van der Waals surface area contributed by atoms with E-state index in [1.165, 1.54) is 31.3 Å². The summed E-state index contributed by atoms with van der Waals surface area (Å²) >= 11 is 0. The van der Waals surface area contributed by atoms with Crippen LogP contribution in [0.3, 0.4) is 0 Å². The first-order chi connectivity index (χ1) is 21.1. The summed E-state index contributed by atoms with van der Waals surface area (Å²) in [5.41, 5.74) is 2.86. The molecule has 1 spiro atoms. The second kappa shape index (κ2) is 9.88. The largest absolute Gasteiger partial charge is 0.506 e. The number of hydrogen-bond acceptors (Lipinski definition) is 7. The Morgan fingerprint density at radius 1 is 0.907 bits per heavy atom. The van der Waals surface area contributed by atoms with Gasteiger partial charge in [0.2, 0.25) is 0 Å². The maximum absolute atomic E-state index is 13.2. The summed E-state index contributed by atoms with van der Waals surface area (Å²) in [7, 11) is 0. The Labute approximate surface area is 253 Å². The number of phenolic OH excluding ortho intramolecular Hbond substituents is 1. The van der Waals surface area contributed by atoms with Gasteiger partial charge >= 0.3 is 0 Å². The molecule has 2 aromatic heterocycles. The fourth-order valence-electron chi connectivity index (χ4n) is 10.3. The van der Waals surface area contributed by atoms with Crippen LogP contribution in [0.15, 0.2) is 48.7 Å². The number of piperidine rings is 1. The van der Waals surface area contributed by atoms with Crippen LogP contribution in [-0.4, -0.2) is 97.2 Å². The lowest BCUT2D eigenvalue weighted by Gasteiger charge is -2.59. The molecule has 1 aliphatic carbocycles. The summed E-state index contributed by atoms with van der Waals surface area (Å²) in [6.07, 6.45) is 18.6. The predicted octanol–water partition coefficient (Wildman–Crippen LogP) is 5.06. The van der Waals surface area contributed by atoms with E-state index in [1.54, 1.807) is 6.07 Å². The van der Waals surface area contributed by atoms with E-state index < -0.39 is 5.60 Å². The molecule has 3 bridgehead atoms. The fourth-order valence-corrected chi connectivity index (χ4v) is 10.3. The average molecular weight is 581 g/mol. The van der Waals surface area contributed by atoms with Crippen molar-refractivity contribution in [1.29, 1.82) is 0 Å². The maximum Gasteiger partial charge on any atom is 0.139 e. The van der Waals surface area contributed by atoms with Crippen LogP contribution in [0.2, 0.25) is 0 Å². The molecule has 43 heavy (non-hydrogen) atoms. The number of hydrazine groups is 2. The number of allylic oxidation sites excluding steroid dienone is 3. The molecule has 9 rings (SSSR count). The number of benzene rings is 1. The molecule has 3 N–H and O–H groups in total. The third-order valence-electron chi connectivity index (χ3n) is 11.9. The Morgan fingerprint density at radius 2 is 1.81 bits per heavy atom. The van der Waals surface area contributed by atoms with Gasteiger partial charge in [-0.15, -0.1) is 0 Å². The number of aromatic nitrogens is 2. The highest BCUT2D eigenvalue weighted by atomic mass is 16.3. The standard InChI is InChI=1S/C35H44N6O2/c42-29-10-7-9-25-26-11-15-36-31(32(26)37-30(25)29)27-22-35(43)14-5-3-1-2-4-6-16-38-19-13-28(27)34(23-38)21-24-12-20-39-17-8-18-40(39)41(24)33(34)35/h1,3,7,9-11,15,22,24,28,33,37,42-43H,2,4-6,8,12-14,16-21,23H2/b3-1-/t24?,28-,33?,34?,35?/m0/s1. The summed E-state index contributed by atoms with van der Waals surface area (Å²) in [6.45, 7) is 6.58. The Bertz CT molecular complexity index is 1630. The number of fused-ring (bicyclic) bond motifs is 7. The Hall–Kier alpha value is -2.75. The first-order valence-electron chi connectivity index (χ1n) is 16.8. The smallest absolute Gasteiger partial charge is 0.139 e. The minimum atomic E-state index is -0.981. The highest BCUT2D eigenvalue weighted by Gasteiger charge is 2.68. The number of H-pyrrole nitrogens is 1. The van der Waals surface area contributed by atoms with Gasteiger partial charge in [-0.3, -0.25) is 4.98 Å². The Balaban J connectivity index is 1.27. The number of aromatic amines is 1. The predicted molar refractivity (Wildman–Crippen MR) is 169 cm³/mol. The topological polar surface area (TPSA) is 82.1 Å². The Kier molecular flexibility index (Phi) is 6.12. The minimum Gasteiger partial charge on any atom is -0.506 e. The van der Waals surface area contributed by atoms with Crippen LogP contribution in [-0.2, 0) is 0 Å². The lowest BCUT2D eigenvalue weighted by molar-refractivity contribution is -0.243. The number of nitrogens with one attached hydrogen (secondary N) is 1. The monoisotopic (exact) mass is 580 g/mol. The van der Waals surface area contributed by atoms with Crippen LogP contribution >= 0.6 is 0 Å². The summed E-state index contributed by atoms with van der Waals surface area (Å²) in [5.74, 6) is 0.577. The maximum atomic E-state index is 13.2. The molecular weight excluding hydrogens is 536 g/mol. The van der Waals surface area contributed by atoms with E-state index in [1.807, 2.05) is 12.3 Å². The number of nitrogens with zero attached hydrogens (tertiary/aromatic N) is 5. The zero-order chi connectivity index (χ0) is 28.8. The van der Waals surface area contributed by atoms with E-state index in [2.05, 4.69) is 55.4 Å². The van der Waals surface area contributed by atoms with Crippen LogP contribution < -0.4 is 0 Å². The van der Waals surface area contributed by atoms with E-state index in [9.17, 15) is 10.2 Å². The van der Waals surface area contributed by atoms with Crippen molar-refractivity contribution in [2.75, 3.05) is 39.3 Å². The second-order valence-corrected chi connectivity index (χ2v) is 14.2. The van der Waals surface area contributed by atoms with E-state index in [-0.39, 0.29) is 17.2 Å². The zero-order valence-electron chi connectivity index (χ0n) is 25.1. The third-order valence-corrected chi connectivity index (χ3v) is 11.9. The minimum absolute atomic E-state index is 0.0440. The molecule has 226 valence electrons. The first kappa shape index (κ1) is 26.6. The van der Waals surface area contributed by atoms with E-state index in [0.717, 1.165) is 92.5 Å². The number of pyridine rings is 1. The van der Waals surface area contributed by atoms with Crippen molar-refractivity contribution in [2.45, 2.75) is 75.5 Å². The molecule has 3 aromatic rings. The van der Waals surface area contributed by atoms with Crippen LogP contribution in [0, 0.1) is 11.3 Å². The number of hydrogen-bond donors (Lipinski definition) is 3. The number of rotatable bonds is 1. The van der Waals surface area contributed by atoms with Crippen molar-refractivity contribution in [3.63, 3.8) is 0 Å². The molecule has 1 aromatic carbocycles. The van der Waals surface area contributed by atoms with Gasteiger partial charge in [-0.1, -0.05) is 24.3 Å². The van der Waals surface area contributed by atoms with Gasteiger partial charge in [0.05, 0.1) is 22.8 Å². The molecule has 6 atom stereocenters. The molecular formula is C35H44N6O2. The SMILES string of the molecule is Oc1cccc2c1[nH]c1c(C3=CC4(O)CC/C=C\CCCCN5CC[C@@H]3C3(CC6CCN7CCCN7N6C43)C5)nccc12. The van der Waals surface area contributed by atoms with Gasteiger partial charge in [-0.2, -0.15) is 5.12 Å². The van der Waals surface area contributed by atoms with Crippen molar-refractivity contribution in [2.24, 2.45) is 11.3 Å². The van der Waals surface area contributed by atoms with Gasteiger partial charge in [0.1, 0.15) is 11.4 Å². The number of para-hydroxylation sites is 1. The van der Waals surface area contributed by atoms with Crippen LogP contribution in [0.5, 0.6) is 5.75 Å². The van der Waals surface area contributed by atoms with Crippen molar-refractivity contribution < 1.29 is 10.2 Å². The van der Waals surface area contributed by atoms with Crippen LogP contribution in [0.25, 0.3) is 27.4 Å². The van der Waals surface area contributed by atoms with Gasteiger partial charge in [0.25, 0.3) is 0 Å². The number of aromatic hydroxyl groups is 1. The van der Waals surface area contributed by atoms with Gasteiger partial charge in [-0.25, -0.2) is 10.0 Å². The van der Waals surface area contributed by atoms with E-state index in [4.69, 9.17) is 4.98 Å². The highest BCUT2D eigenvalue weighted by Crippen LogP contribution is 2.62. The first-order valence-corrected chi connectivity index (χ1v) is 16.8. The summed E-state index contributed by atoms with van der Waals surface area (Å²) in [4.78, 5) is 11.4. The molecule has 5 aliphatic heterocycles. The van der Waals surface area contributed by atoms with Crippen molar-refractivity contribution in [3.05, 3.63) is 54.4 Å². The molecule has 0 amide bonds. The molecule has 6 aliphatic rings. The Morgan fingerprint density at radius 3 is 2.77 bits per heavy atom. The number of phenols is 1. The summed E-state index contributed by atoms with van der Waals surface area (Å²) < 4.78 is 0. The highest BCUT2D eigenvalue weighted by molar-refractivity contribution is 6.11. The quantitative estimate of drug-likeness (QED) is 0.347. The van der Waals surface area contributed by atoms with E-state index in [0.29, 0.717) is 18.4 Å². The molecule has 0 radical (unpaired) electrons. The lowest BCUT2D eigenvalue weighted by atomic mass is 9.54. The number of aliphatic hydroxyl groups is 1. The lowest BCUT2D eigenvalue weighted by Crippen LogP contribution is -2.69. The van der Waals surface area contributed by atoms with E-state index >= 15 is 0 Å². The molecule has 5 unspecified atom stereocenters. The fraction of sp³-hybridized carbons (Fsp3) is 0.571. The van der Waals surface area contributed by atoms with Gasteiger partial charge < -0.3 is 20.1 Å². The summed E-state index contributed by atoms with van der Waals surface area (Å²) in [5, 5.41) is 33.8. The zero-order valence-corrected chi connectivity index (χ0v) is 25.1. The molecule has 7 heterocycles. The van der Waals surface area contributed by atoms with Gasteiger partial charge in [0, 0.05) is 54.6 Å². The molecule has 0 saturated carbocycles. The molecule has 8 nitrogen and oxygen atoms in total. The average Bonchev–Trinajstić information content (AvgIpc) is 3.72.